The van der Waals surface area contributed by atoms with Crippen LogP contribution in [0.4, 0.5) is 4.39 Å². The molecule has 1 aliphatic rings. The SMILES string of the molecule is C.COc1nc2ccc(SC)cc2cc1C(c1ccc(Cl)cc1)C1(O)CCNCC1Cc1cccc(F)c1. The highest BCUT2D eigenvalue weighted by molar-refractivity contribution is 7.98. The molecular formula is C31H34ClFN2O2S. The highest BCUT2D eigenvalue weighted by Gasteiger charge is 2.47. The van der Waals surface area contributed by atoms with Gasteiger partial charge in [0.05, 0.1) is 18.2 Å². The molecule has 3 atom stereocenters. The standard InChI is InChI=1S/C30H30ClFN2O2S.CH4/c1-36-29-26(17-21-16-25(37-2)10-11-27(21)34-29)28(20-6-8-23(31)9-7-20)30(35)12-13-33-18-22(30)14-19-4-3-5-24(32)15-19;/h3-11,15-17,22,28,33,35H,12-14,18H2,1-2H3;1H4. The normalized spacial score (nSPS) is 20.1. The molecule has 3 unspecified atom stereocenters. The Morgan fingerprint density at radius 3 is 2.66 bits per heavy atom. The number of piperidine rings is 1. The zero-order chi connectivity index (χ0) is 26.0. The van der Waals surface area contributed by atoms with Gasteiger partial charge in [0.2, 0.25) is 5.88 Å². The first-order valence-electron chi connectivity index (χ1n) is 12.4. The van der Waals surface area contributed by atoms with E-state index in [1.165, 1.54) is 6.07 Å². The number of rotatable bonds is 7. The van der Waals surface area contributed by atoms with Gasteiger partial charge < -0.3 is 15.2 Å². The lowest BCUT2D eigenvalue weighted by atomic mass is 9.66. The van der Waals surface area contributed by atoms with Crippen molar-refractivity contribution in [2.24, 2.45) is 5.92 Å². The number of nitrogens with one attached hydrogen (secondary N) is 1. The molecule has 4 nitrogen and oxygen atoms in total. The minimum absolute atomic E-state index is 0. The number of aromatic nitrogens is 1. The molecule has 0 aliphatic carbocycles. The molecule has 2 N–H and O–H groups in total. The van der Waals surface area contributed by atoms with Crippen molar-refractivity contribution in [1.29, 1.82) is 0 Å². The van der Waals surface area contributed by atoms with E-state index in [9.17, 15) is 9.50 Å². The third kappa shape index (κ3) is 5.69. The fourth-order valence-electron chi connectivity index (χ4n) is 5.57. The number of aliphatic hydroxyl groups is 1. The van der Waals surface area contributed by atoms with Crippen LogP contribution >= 0.6 is 23.4 Å². The molecule has 1 aliphatic heterocycles. The average Bonchev–Trinajstić information content (AvgIpc) is 2.90. The summed E-state index contributed by atoms with van der Waals surface area (Å²) in [5.41, 5.74) is 2.30. The van der Waals surface area contributed by atoms with Crippen LogP contribution in [0.2, 0.25) is 5.02 Å². The van der Waals surface area contributed by atoms with E-state index in [1.54, 1.807) is 31.0 Å². The monoisotopic (exact) mass is 552 g/mol. The Labute approximate surface area is 233 Å². The van der Waals surface area contributed by atoms with Crippen LogP contribution in [-0.4, -0.2) is 42.1 Å². The van der Waals surface area contributed by atoms with Crippen LogP contribution in [0.1, 0.15) is 36.5 Å². The molecule has 0 spiro atoms. The van der Waals surface area contributed by atoms with Gasteiger partial charge in [-0.25, -0.2) is 9.37 Å². The first-order chi connectivity index (χ1) is 17.9. The summed E-state index contributed by atoms with van der Waals surface area (Å²) in [4.78, 5) is 5.98. The number of fused-ring (bicyclic) bond motifs is 1. The lowest BCUT2D eigenvalue weighted by Crippen LogP contribution is -2.54. The van der Waals surface area contributed by atoms with Gasteiger partial charge >= 0.3 is 0 Å². The number of ether oxygens (including phenoxy) is 1. The minimum Gasteiger partial charge on any atom is -0.481 e. The fraction of sp³-hybridized carbons (Fsp3) is 0.323. The first kappa shape index (κ1) is 28.4. The molecule has 3 aromatic carbocycles. The van der Waals surface area contributed by atoms with Gasteiger partial charge in [-0.15, -0.1) is 11.8 Å². The second-order valence-corrected chi connectivity index (χ2v) is 10.9. The molecule has 0 saturated carbocycles. The van der Waals surface area contributed by atoms with Gasteiger partial charge in [0.15, 0.2) is 0 Å². The number of nitrogens with zero attached hydrogens (tertiary/aromatic N) is 1. The van der Waals surface area contributed by atoms with E-state index in [0.717, 1.165) is 32.5 Å². The first-order valence-corrected chi connectivity index (χ1v) is 14.0. The van der Waals surface area contributed by atoms with Crippen molar-refractivity contribution in [1.82, 2.24) is 10.3 Å². The maximum absolute atomic E-state index is 14.0. The van der Waals surface area contributed by atoms with Crippen molar-refractivity contribution in [3.8, 4) is 5.88 Å². The lowest BCUT2D eigenvalue weighted by molar-refractivity contribution is -0.0544. The molecule has 1 saturated heterocycles. The molecule has 7 heteroatoms. The number of halogens is 2. The summed E-state index contributed by atoms with van der Waals surface area (Å²) in [5.74, 6) is -0.401. The second-order valence-electron chi connectivity index (χ2n) is 9.61. The Bertz CT molecular complexity index is 1400. The second kappa shape index (κ2) is 12.0. The summed E-state index contributed by atoms with van der Waals surface area (Å²) in [6.07, 6.45) is 3.10. The molecule has 0 bridgehead atoms. The van der Waals surface area contributed by atoms with E-state index in [-0.39, 0.29) is 19.2 Å². The van der Waals surface area contributed by atoms with E-state index in [0.29, 0.717) is 36.8 Å². The van der Waals surface area contributed by atoms with Gasteiger partial charge in [-0.2, -0.15) is 0 Å². The lowest BCUT2D eigenvalue weighted by Gasteiger charge is -2.46. The summed E-state index contributed by atoms with van der Waals surface area (Å²) in [6.45, 7) is 1.28. The molecule has 2 heterocycles. The Morgan fingerprint density at radius 1 is 1.16 bits per heavy atom. The van der Waals surface area contributed by atoms with Crippen LogP contribution in [0.5, 0.6) is 5.88 Å². The zero-order valence-electron chi connectivity index (χ0n) is 20.9. The summed E-state index contributed by atoms with van der Waals surface area (Å²) in [5, 5.41) is 17.7. The number of pyridine rings is 1. The van der Waals surface area contributed by atoms with E-state index in [2.05, 4.69) is 17.4 Å². The van der Waals surface area contributed by atoms with Gasteiger partial charge in [0.1, 0.15) is 5.82 Å². The van der Waals surface area contributed by atoms with Crippen molar-refractivity contribution >= 4 is 34.3 Å². The molecule has 38 heavy (non-hydrogen) atoms. The number of benzene rings is 3. The molecular weight excluding hydrogens is 519 g/mol. The van der Waals surface area contributed by atoms with Gasteiger partial charge in [-0.05, 0) is 85.3 Å². The largest absolute Gasteiger partial charge is 0.481 e. The number of hydrogen-bond donors (Lipinski definition) is 2. The minimum atomic E-state index is -1.15. The molecule has 0 radical (unpaired) electrons. The van der Waals surface area contributed by atoms with Gasteiger partial charge in [-0.1, -0.05) is 43.3 Å². The Hall–Kier alpha value is -2.64. The van der Waals surface area contributed by atoms with E-state index >= 15 is 0 Å². The number of thioether (sulfide) groups is 1. The molecule has 1 aromatic heterocycles. The predicted molar refractivity (Wildman–Crippen MR) is 156 cm³/mol. The van der Waals surface area contributed by atoms with Crippen molar-refractivity contribution < 1.29 is 14.2 Å². The van der Waals surface area contributed by atoms with E-state index in [4.69, 9.17) is 21.3 Å². The van der Waals surface area contributed by atoms with Crippen LogP contribution in [-0.2, 0) is 6.42 Å². The summed E-state index contributed by atoms with van der Waals surface area (Å²) < 4.78 is 19.9. The molecule has 4 aromatic rings. The maximum atomic E-state index is 14.0. The molecule has 200 valence electrons. The Morgan fingerprint density at radius 2 is 1.95 bits per heavy atom. The van der Waals surface area contributed by atoms with E-state index < -0.39 is 11.5 Å². The van der Waals surface area contributed by atoms with Gasteiger partial charge in [0.25, 0.3) is 0 Å². The van der Waals surface area contributed by atoms with Crippen molar-refractivity contribution in [2.45, 2.75) is 36.7 Å². The van der Waals surface area contributed by atoms with Crippen molar-refractivity contribution in [2.75, 3.05) is 26.5 Å². The van der Waals surface area contributed by atoms with Gasteiger partial charge in [-0.3, -0.25) is 0 Å². The average molecular weight is 553 g/mol. The highest BCUT2D eigenvalue weighted by atomic mass is 35.5. The van der Waals surface area contributed by atoms with Crippen LogP contribution < -0.4 is 10.1 Å². The third-order valence-corrected chi connectivity index (χ3v) is 8.37. The van der Waals surface area contributed by atoms with Crippen LogP contribution in [0.3, 0.4) is 0 Å². The quantitative estimate of drug-likeness (QED) is 0.239. The number of methoxy groups -OCH3 is 1. The van der Waals surface area contributed by atoms with Gasteiger partial charge in [0, 0.05) is 39.2 Å². The summed E-state index contributed by atoms with van der Waals surface area (Å²) in [7, 11) is 1.61. The molecule has 0 amide bonds. The van der Waals surface area contributed by atoms with Crippen LogP contribution in [0, 0.1) is 11.7 Å². The molecule has 5 rings (SSSR count). The highest BCUT2D eigenvalue weighted by Crippen LogP contribution is 2.47. The van der Waals surface area contributed by atoms with Crippen molar-refractivity contribution in [3.63, 3.8) is 0 Å². The topological polar surface area (TPSA) is 54.4 Å². The fourth-order valence-corrected chi connectivity index (χ4v) is 6.14. The summed E-state index contributed by atoms with van der Waals surface area (Å²) in [6, 6.07) is 22.5. The van der Waals surface area contributed by atoms with Crippen LogP contribution in [0.25, 0.3) is 10.9 Å². The van der Waals surface area contributed by atoms with E-state index in [1.807, 2.05) is 48.7 Å². The summed E-state index contributed by atoms with van der Waals surface area (Å²) >= 11 is 7.93. The Kier molecular flexibility index (Phi) is 8.99. The van der Waals surface area contributed by atoms with Crippen molar-refractivity contribution in [3.05, 3.63) is 100 Å². The zero-order valence-corrected chi connectivity index (χ0v) is 22.5. The Balaban J connectivity index is 0.00000336. The number of hydrogen-bond acceptors (Lipinski definition) is 5. The third-order valence-electron chi connectivity index (χ3n) is 7.39. The maximum Gasteiger partial charge on any atom is 0.217 e. The molecule has 1 fully saturated rings. The smallest absolute Gasteiger partial charge is 0.217 e. The van der Waals surface area contributed by atoms with Crippen LogP contribution in [0.15, 0.2) is 77.7 Å². The predicted octanol–water partition coefficient (Wildman–Crippen LogP) is 7.11.